The summed E-state index contributed by atoms with van der Waals surface area (Å²) >= 11 is 5.82. The number of hydrogen-bond donors (Lipinski definition) is 1. The molecule has 4 nitrogen and oxygen atoms in total. The molecule has 0 amide bonds. The van der Waals surface area contributed by atoms with Crippen LogP contribution < -0.4 is 10.1 Å². The van der Waals surface area contributed by atoms with E-state index in [0.29, 0.717) is 24.3 Å². The Morgan fingerprint density at radius 3 is 2.79 bits per heavy atom. The van der Waals surface area contributed by atoms with Crippen molar-refractivity contribution in [2.24, 2.45) is 5.92 Å². The van der Waals surface area contributed by atoms with E-state index in [0.717, 1.165) is 25.2 Å². The molecule has 108 valence electrons. The highest BCUT2D eigenvalue weighted by Gasteiger charge is 2.08. The number of rotatable bonds is 10. The van der Waals surface area contributed by atoms with Gasteiger partial charge in [0.05, 0.1) is 19.0 Å². The van der Waals surface area contributed by atoms with Crippen LogP contribution in [0.2, 0.25) is 0 Å². The van der Waals surface area contributed by atoms with E-state index in [1.54, 1.807) is 12.4 Å². The zero-order chi connectivity index (χ0) is 13.9. The Morgan fingerprint density at radius 1 is 1.26 bits per heavy atom. The van der Waals surface area contributed by atoms with Gasteiger partial charge in [-0.1, -0.05) is 20.3 Å². The molecule has 0 aromatic carbocycles. The molecule has 0 radical (unpaired) electrons. The van der Waals surface area contributed by atoms with Gasteiger partial charge in [0.15, 0.2) is 0 Å². The summed E-state index contributed by atoms with van der Waals surface area (Å²) in [7, 11) is 0. The fourth-order valence-corrected chi connectivity index (χ4v) is 2.18. The third-order valence-electron chi connectivity index (χ3n) is 2.85. The molecule has 0 saturated heterocycles. The van der Waals surface area contributed by atoms with E-state index in [4.69, 9.17) is 16.3 Å². The molecule has 0 bridgehead atoms. The van der Waals surface area contributed by atoms with Crippen molar-refractivity contribution >= 4 is 17.4 Å². The number of anilines is 1. The van der Waals surface area contributed by atoms with Crippen LogP contribution in [0.5, 0.6) is 5.88 Å². The normalized spacial score (nSPS) is 12.2. The van der Waals surface area contributed by atoms with E-state index >= 15 is 0 Å². The molecule has 0 saturated carbocycles. The largest absolute Gasteiger partial charge is 0.477 e. The van der Waals surface area contributed by atoms with Crippen LogP contribution in [-0.2, 0) is 0 Å². The van der Waals surface area contributed by atoms with Crippen LogP contribution in [0.25, 0.3) is 0 Å². The average Bonchev–Trinajstić information content (AvgIpc) is 2.43. The van der Waals surface area contributed by atoms with Crippen LogP contribution in [0.4, 0.5) is 5.82 Å². The van der Waals surface area contributed by atoms with Crippen molar-refractivity contribution in [3.8, 4) is 5.88 Å². The maximum absolute atomic E-state index is 5.82. The first-order valence-electron chi connectivity index (χ1n) is 7.04. The Morgan fingerprint density at radius 2 is 2.11 bits per heavy atom. The minimum atomic E-state index is 0.580. The lowest BCUT2D eigenvalue weighted by Crippen LogP contribution is -2.16. The molecule has 1 aromatic rings. The van der Waals surface area contributed by atoms with Gasteiger partial charge in [-0.15, -0.1) is 11.6 Å². The summed E-state index contributed by atoms with van der Waals surface area (Å²) in [4.78, 5) is 8.51. The Labute approximate surface area is 120 Å². The van der Waals surface area contributed by atoms with Crippen LogP contribution in [0, 0.1) is 5.92 Å². The Hall–Kier alpha value is -1.03. The number of alkyl halides is 1. The van der Waals surface area contributed by atoms with Crippen LogP contribution >= 0.6 is 11.6 Å². The van der Waals surface area contributed by atoms with Crippen molar-refractivity contribution in [3.63, 3.8) is 0 Å². The molecule has 1 rings (SSSR count). The average molecular weight is 286 g/mol. The number of nitrogens with one attached hydrogen (secondary N) is 1. The SMILES string of the molecule is CCCOc1cncc(NCC(CCC)CCCl)n1. The molecule has 1 heterocycles. The fraction of sp³-hybridized carbons (Fsp3) is 0.714. The van der Waals surface area contributed by atoms with Gasteiger partial charge in [-0.05, 0) is 25.2 Å². The fourth-order valence-electron chi connectivity index (χ4n) is 1.87. The minimum Gasteiger partial charge on any atom is -0.477 e. The van der Waals surface area contributed by atoms with Gasteiger partial charge >= 0.3 is 0 Å². The summed E-state index contributed by atoms with van der Waals surface area (Å²) < 4.78 is 5.46. The van der Waals surface area contributed by atoms with Crippen molar-refractivity contribution in [1.82, 2.24) is 9.97 Å². The van der Waals surface area contributed by atoms with E-state index in [1.165, 1.54) is 12.8 Å². The molecule has 0 aliphatic carbocycles. The van der Waals surface area contributed by atoms with Crippen LogP contribution in [0.3, 0.4) is 0 Å². The highest BCUT2D eigenvalue weighted by Crippen LogP contribution is 2.14. The monoisotopic (exact) mass is 285 g/mol. The number of nitrogens with zero attached hydrogens (tertiary/aromatic N) is 2. The first kappa shape index (κ1) is 16.0. The lowest BCUT2D eigenvalue weighted by molar-refractivity contribution is 0.304. The summed E-state index contributed by atoms with van der Waals surface area (Å²) in [5.74, 6) is 2.64. The molecule has 0 aliphatic rings. The van der Waals surface area contributed by atoms with Gasteiger partial charge in [0, 0.05) is 12.4 Å². The third kappa shape index (κ3) is 6.62. The van der Waals surface area contributed by atoms with Gasteiger partial charge in [-0.2, -0.15) is 4.98 Å². The Balaban J connectivity index is 2.46. The third-order valence-corrected chi connectivity index (χ3v) is 3.07. The molecule has 5 heteroatoms. The first-order valence-corrected chi connectivity index (χ1v) is 7.58. The topological polar surface area (TPSA) is 47.0 Å². The van der Waals surface area contributed by atoms with Crippen molar-refractivity contribution in [1.29, 1.82) is 0 Å². The number of ether oxygens (including phenoxy) is 1. The highest BCUT2D eigenvalue weighted by molar-refractivity contribution is 6.17. The first-order chi connectivity index (χ1) is 9.30. The van der Waals surface area contributed by atoms with Crippen molar-refractivity contribution in [3.05, 3.63) is 12.4 Å². The molecule has 1 unspecified atom stereocenters. The van der Waals surface area contributed by atoms with E-state index in [2.05, 4.69) is 29.1 Å². The zero-order valence-corrected chi connectivity index (χ0v) is 12.6. The van der Waals surface area contributed by atoms with Gasteiger partial charge in [0.25, 0.3) is 0 Å². The van der Waals surface area contributed by atoms with Crippen molar-refractivity contribution < 1.29 is 4.74 Å². The van der Waals surface area contributed by atoms with Crippen LogP contribution in [-0.4, -0.2) is 29.0 Å². The highest BCUT2D eigenvalue weighted by atomic mass is 35.5. The van der Waals surface area contributed by atoms with Crippen molar-refractivity contribution in [2.75, 3.05) is 24.3 Å². The Bertz CT molecular complexity index is 343. The lowest BCUT2D eigenvalue weighted by atomic mass is 10.0. The zero-order valence-electron chi connectivity index (χ0n) is 11.9. The summed E-state index contributed by atoms with van der Waals surface area (Å²) in [6.07, 6.45) is 7.72. The molecule has 1 atom stereocenters. The maximum Gasteiger partial charge on any atom is 0.234 e. The van der Waals surface area contributed by atoms with E-state index in [1.807, 2.05) is 0 Å². The second-order valence-corrected chi connectivity index (χ2v) is 4.98. The lowest BCUT2D eigenvalue weighted by Gasteiger charge is -2.16. The smallest absolute Gasteiger partial charge is 0.234 e. The van der Waals surface area contributed by atoms with Crippen molar-refractivity contribution in [2.45, 2.75) is 39.5 Å². The second kappa shape index (κ2) is 9.84. The molecule has 0 spiro atoms. The van der Waals surface area contributed by atoms with Gasteiger partial charge in [-0.3, -0.25) is 4.98 Å². The van der Waals surface area contributed by atoms with Crippen LogP contribution in [0.15, 0.2) is 12.4 Å². The molecule has 1 aromatic heterocycles. The van der Waals surface area contributed by atoms with E-state index in [-0.39, 0.29) is 0 Å². The number of hydrogen-bond acceptors (Lipinski definition) is 4. The molecule has 0 fully saturated rings. The molecule has 0 aliphatic heterocycles. The summed E-state index contributed by atoms with van der Waals surface area (Å²) in [6, 6.07) is 0. The van der Waals surface area contributed by atoms with Gasteiger partial charge in [-0.25, -0.2) is 0 Å². The predicted octanol–water partition coefficient (Wildman–Crippen LogP) is 3.72. The second-order valence-electron chi connectivity index (χ2n) is 4.60. The molecular weight excluding hydrogens is 262 g/mol. The Kier molecular flexibility index (Phi) is 8.30. The van der Waals surface area contributed by atoms with E-state index < -0.39 is 0 Å². The number of halogens is 1. The predicted molar refractivity (Wildman–Crippen MR) is 80.0 cm³/mol. The standard InChI is InChI=1S/C14H24ClN3O/c1-3-5-12(6-7-15)9-17-13-10-16-11-14(18-13)19-8-4-2/h10-12H,3-9H2,1-2H3,(H,17,18). The maximum atomic E-state index is 5.82. The molecular formula is C14H24ClN3O. The van der Waals surface area contributed by atoms with Gasteiger partial charge < -0.3 is 10.1 Å². The summed E-state index contributed by atoms with van der Waals surface area (Å²) in [5, 5.41) is 3.32. The molecule has 1 N–H and O–H groups in total. The quantitative estimate of drug-likeness (QED) is 0.666. The van der Waals surface area contributed by atoms with Crippen LogP contribution in [0.1, 0.15) is 39.5 Å². The van der Waals surface area contributed by atoms with Gasteiger partial charge in [0.1, 0.15) is 5.82 Å². The number of aromatic nitrogens is 2. The summed E-state index contributed by atoms with van der Waals surface area (Å²) in [5.41, 5.74) is 0. The summed E-state index contributed by atoms with van der Waals surface area (Å²) in [6.45, 7) is 5.81. The van der Waals surface area contributed by atoms with E-state index in [9.17, 15) is 0 Å². The molecule has 19 heavy (non-hydrogen) atoms. The van der Waals surface area contributed by atoms with Gasteiger partial charge in [0.2, 0.25) is 5.88 Å². The minimum absolute atomic E-state index is 0.580.